The lowest BCUT2D eigenvalue weighted by Gasteiger charge is -2.10. The highest BCUT2D eigenvalue weighted by atomic mass is 16.5. The van der Waals surface area contributed by atoms with E-state index in [1.807, 2.05) is 25.4 Å². The minimum Gasteiger partial charge on any atom is -0.377 e. The SMILES string of the molecule is CNc1cc(NCc2cnccc2C)nc(COC)n1. The molecule has 2 rings (SSSR count). The van der Waals surface area contributed by atoms with Crippen molar-refractivity contribution in [1.82, 2.24) is 15.0 Å². The summed E-state index contributed by atoms with van der Waals surface area (Å²) in [7, 11) is 3.45. The van der Waals surface area contributed by atoms with Gasteiger partial charge in [-0.25, -0.2) is 9.97 Å². The van der Waals surface area contributed by atoms with Gasteiger partial charge < -0.3 is 15.4 Å². The molecule has 2 aromatic heterocycles. The molecule has 2 aromatic rings. The Morgan fingerprint density at radius 2 is 2.05 bits per heavy atom. The van der Waals surface area contributed by atoms with Crippen molar-refractivity contribution in [1.29, 1.82) is 0 Å². The van der Waals surface area contributed by atoms with Crippen LogP contribution in [0.2, 0.25) is 0 Å². The number of nitrogens with one attached hydrogen (secondary N) is 2. The number of nitrogens with zero attached hydrogens (tertiary/aromatic N) is 3. The highest BCUT2D eigenvalue weighted by Gasteiger charge is 2.04. The van der Waals surface area contributed by atoms with E-state index < -0.39 is 0 Å². The highest BCUT2D eigenvalue weighted by molar-refractivity contribution is 5.47. The molecule has 0 atom stereocenters. The molecule has 0 aromatic carbocycles. The highest BCUT2D eigenvalue weighted by Crippen LogP contribution is 2.13. The van der Waals surface area contributed by atoms with Gasteiger partial charge in [-0.1, -0.05) is 0 Å². The van der Waals surface area contributed by atoms with E-state index in [1.54, 1.807) is 13.3 Å². The number of anilines is 2. The first-order valence-corrected chi connectivity index (χ1v) is 6.41. The van der Waals surface area contributed by atoms with Crippen molar-refractivity contribution in [3.05, 3.63) is 41.5 Å². The van der Waals surface area contributed by atoms with Crippen molar-refractivity contribution in [2.24, 2.45) is 0 Å². The summed E-state index contributed by atoms with van der Waals surface area (Å²) in [4.78, 5) is 12.9. The Hall–Kier alpha value is -2.21. The average Bonchev–Trinajstić information content (AvgIpc) is 2.46. The van der Waals surface area contributed by atoms with E-state index in [9.17, 15) is 0 Å². The monoisotopic (exact) mass is 273 g/mol. The molecule has 0 saturated heterocycles. The molecule has 2 N–H and O–H groups in total. The van der Waals surface area contributed by atoms with Gasteiger partial charge in [-0.05, 0) is 24.1 Å². The van der Waals surface area contributed by atoms with Crippen LogP contribution in [0, 0.1) is 6.92 Å². The smallest absolute Gasteiger partial charge is 0.158 e. The average molecular weight is 273 g/mol. The molecule has 0 spiro atoms. The molecule has 0 unspecified atom stereocenters. The van der Waals surface area contributed by atoms with Crippen LogP contribution in [0.3, 0.4) is 0 Å². The molecule has 0 bridgehead atoms. The van der Waals surface area contributed by atoms with E-state index in [0.717, 1.165) is 17.2 Å². The maximum Gasteiger partial charge on any atom is 0.158 e. The summed E-state index contributed by atoms with van der Waals surface area (Å²) in [6, 6.07) is 3.86. The van der Waals surface area contributed by atoms with Gasteiger partial charge in [0, 0.05) is 39.2 Å². The summed E-state index contributed by atoms with van der Waals surface area (Å²) in [5, 5.41) is 6.31. The number of aromatic nitrogens is 3. The number of ether oxygens (including phenoxy) is 1. The predicted molar refractivity (Wildman–Crippen MR) is 78.6 cm³/mol. The molecule has 106 valence electrons. The molecule has 0 fully saturated rings. The summed E-state index contributed by atoms with van der Waals surface area (Å²) < 4.78 is 5.07. The van der Waals surface area contributed by atoms with E-state index >= 15 is 0 Å². The summed E-state index contributed by atoms with van der Waals surface area (Å²) in [5.74, 6) is 2.17. The van der Waals surface area contributed by atoms with Gasteiger partial charge in [-0.3, -0.25) is 4.98 Å². The van der Waals surface area contributed by atoms with E-state index in [-0.39, 0.29) is 0 Å². The molecular formula is C14H19N5O. The second kappa shape index (κ2) is 6.81. The summed E-state index contributed by atoms with van der Waals surface area (Å²) >= 11 is 0. The Morgan fingerprint density at radius 1 is 1.25 bits per heavy atom. The van der Waals surface area contributed by atoms with Crippen molar-refractivity contribution in [3.8, 4) is 0 Å². The second-order valence-corrected chi connectivity index (χ2v) is 4.39. The molecule has 0 amide bonds. The number of rotatable bonds is 6. The molecule has 2 heterocycles. The van der Waals surface area contributed by atoms with Crippen LogP contribution >= 0.6 is 0 Å². The minimum atomic E-state index is 0.385. The van der Waals surface area contributed by atoms with Crippen molar-refractivity contribution in [3.63, 3.8) is 0 Å². The zero-order valence-electron chi connectivity index (χ0n) is 12.0. The van der Waals surface area contributed by atoms with Crippen molar-refractivity contribution < 1.29 is 4.74 Å². The molecule has 0 saturated carbocycles. The van der Waals surface area contributed by atoms with Gasteiger partial charge in [0.05, 0.1) is 0 Å². The zero-order chi connectivity index (χ0) is 14.4. The lowest BCUT2D eigenvalue weighted by Crippen LogP contribution is -2.08. The first-order chi connectivity index (χ1) is 9.72. The second-order valence-electron chi connectivity index (χ2n) is 4.39. The maximum atomic E-state index is 5.07. The first-order valence-electron chi connectivity index (χ1n) is 6.41. The number of methoxy groups -OCH3 is 1. The van der Waals surface area contributed by atoms with Gasteiger partial charge >= 0.3 is 0 Å². The van der Waals surface area contributed by atoms with Gasteiger partial charge in [0.2, 0.25) is 0 Å². The van der Waals surface area contributed by atoms with Crippen molar-refractivity contribution in [2.45, 2.75) is 20.1 Å². The number of hydrogen-bond acceptors (Lipinski definition) is 6. The molecule has 20 heavy (non-hydrogen) atoms. The van der Waals surface area contributed by atoms with Crippen LogP contribution in [0.15, 0.2) is 24.5 Å². The lowest BCUT2D eigenvalue weighted by molar-refractivity contribution is 0.178. The van der Waals surface area contributed by atoms with Gasteiger partial charge in [-0.2, -0.15) is 0 Å². The standard InChI is InChI=1S/C14H19N5O/c1-10-4-5-16-7-11(10)8-17-13-6-12(15-2)18-14(19-13)9-20-3/h4-7H,8-9H2,1-3H3,(H2,15,17,18,19). The van der Waals surface area contributed by atoms with Crippen molar-refractivity contribution in [2.75, 3.05) is 24.8 Å². The van der Waals surface area contributed by atoms with Gasteiger partial charge in [0.15, 0.2) is 5.82 Å². The fourth-order valence-corrected chi connectivity index (χ4v) is 1.78. The summed E-state index contributed by atoms with van der Waals surface area (Å²) in [6.07, 6.45) is 3.65. The number of aryl methyl sites for hydroxylation is 1. The summed E-state index contributed by atoms with van der Waals surface area (Å²) in [6.45, 7) is 3.12. The molecule has 6 nitrogen and oxygen atoms in total. The molecule has 0 radical (unpaired) electrons. The van der Waals surface area contributed by atoms with E-state index in [4.69, 9.17) is 4.74 Å². The third-order valence-electron chi connectivity index (χ3n) is 2.91. The third-order valence-corrected chi connectivity index (χ3v) is 2.91. The predicted octanol–water partition coefficient (Wildman–Crippen LogP) is 1.98. The Morgan fingerprint density at radius 3 is 2.75 bits per heavy atom. The van der Waals surface area contributed by atoms with Gasteiger partial charge in [0.25, 0.3) is 0 Å². The first kappa shape index (κ1) is 14.2. The maximum absolute atomic E-state index is 5.07. The van der Waals surface area contributed by atoms with E-state index in [1.165, 1.54) is 5.56 Å². The van der Waals surface area contributed by atoms with Gasteiger partial charge in [0.1, 0.15) is 18.2 Å². The fourth-order valence-electron chi connectivity index (χ4n) is 1.78. The quantitative estimate of drug-likeness (QED) is 0.838. The molecule has 0 aliphatic carbocycles. The van der Waals surface area contributed by atoms with Crippen LogP contribution in [0.5, 0.6) is 0 Å². The summed E-state index contributed by atoms with van der Waals surface area (Å²) in [5.41, 5.74) is 2.35. The largest absolute Gasteiger partial charge is 0.377 e. The van der Waals surface area contributed by atoms with Crippen LogP contribution < -0.4 is 10.6 Å². The van der Waals surface area contributed by atoms with Crippen LogP contribution in [-0.4, -0.2) is 29.1 Å². The Balaban J connectivity index is 2.12. The Labute approximate surface area is 118 Å². The third kappa shape index (κ3) is 3.64. The molecule has 0 aliphatic rings. The lowest BCUT2D eigenvalue weighted by atomic mass is 10.1. The topological polar surface area (TPSA) is 72.0 Å². The van der Waals surface area contributed by atoms with Crippen LogP contribution in [0.25, 0.3) is 0 Å². The van der Waals surface area contributed by atoms with Crippen LogP contribution in [0.4, 0.5) is 11.6 Å². The van der Waals surface area contributed by atoms with E-state index in [2.05, 4.69) is 32.5 Å². The van der Waals surface area contributed by atoms with E-state index in [0.29, 0.717) is 19.0 Å². The van der Waals surface area contributed by atoms with Gasteiger partial charge in [-0.15, -0.1) is 0 Å². The molecular weight excluding hydrogens is 254 g/mol. The number of pyridine rings is 1. The van der Waals surface area contributed by atoms with Crippen LogP contribution in [0.1, 0.15) is 17.0 Å². The normalized spacial score (nSPS) is 10.3. The Bertz CT molecular complexity index is 573. The van der Waals surface area contributed by atoms with Crippen LogP contribution in [-0.2, 0) is 17.9 Å². The molecule has 6 heteroatoms. The number of hydrogen-bond donors (Lipinski definition) is 2. The minimum absolute atomic E-state index is 0.385. The molecule has 0 aliphatic heterocycles. The Kier molecular flexibility index (Phi) is 4.84. The van der Waals surface area contributed by atoms with Crippen molar-refractivity contribution >= 4 is 11.6 Å². The fraction of sp³-hybridized carbons (Fsp3) is 0.357. The zero-order valence-corrected chi connectivity index (χ0v) is 12.0.